The smallest absolute Gasteiger partial charge is 0.263 e. The Morgan fingerprint density at radius 1 is 0.943 bits per heavy atom. The summed E-state index contributed by atoms with van der Waals surface area (Å²) in [5, 5.41) is 12.9. The van der Waals surface area contributed by atoms with Crippen molar-refractivity contribution >= 4 is 5.91 Å². The maximum Gasteiger partial charge on any atom is 0.263 e. The van der Waals surface area contributed by atoms with Gasteiger partial charge >= 0.3 is 0 Å². The number of nitriles is 1. The van der Waals surface area contributed by atoms with Crippen LogP contribution in [0.1, 0.15) is 76.2 Å². The summed E-state index contributed by atoms with van der Waals surface area (Å²) < 4.78 is 10.9. The van der Waals surface area contributed by atoms with Gasteiger partial charge in [-0.3, -0.25) is 9.69 Å². The summed E-state index contributed by atoms with van der Waals surface area (Å²) in [6.07, 6.45) is 15.2. The van der Waals surface area contributed by atoms with E-state index in [2.05, 4.69) is 33.3 Å². The zero-order chi connectivity index (χ0) is 24.3. The molecule has 1 aromatic carbocycles. The van der Waals surface area contributed by atoms with Gasteiger partial charge in [0, 0.05) is 45.0 Å². The van der Waals surface area contributed by atoms with Gasteiger partial charge in [-0.25, -0.2) is 0 Å². The van der Waals surface area contributed by atoms with Gasteiger partial charge in [0.25, 0.3) is 5.91 Å². The molecule has 1 amide bonds. The monoisotopic (exact) mass is 480 g/mol. The lowest BCUT2D eigenvalue weighted by molar-refractivity contribution is -0.118. The molecule has 0 radical (unpaired) electrons. The second-order valence-electron chi connectivity index (χ2n) is 10.1. The van der Waals surface area contributed by atoms with Gasteiger partial charge in [0.2, 0.25) is 6.79 Å². The highest BCUT2D eigenvalue weighted by Gasteiger charge is 2.21. The predicted octanol–water partition coefficient (Wildman–Crippen LogP) is 4.73. The Balaban J connectivity index is 1.25. The van der Waals surface area contributed by atoms with E-state index in [1.165, 1.54) is 50.5 Å². The molecule has 1 N–H and O–H groups in total. The highest BCUT2D eigenvalue weighted by molar-refractivity contribution is 5.97. The van der Waals surface area contributed by atoms with Gasteiger partial charge in [-0.05, 0) is 30.5 Å². The fourth-order valence-electron chi connectivity index (χ4n) is 5.24. The van der Waals surface area contributed by atoms with Crippen LogP contribution in [0.5, 0.6) is 11.5 Å². The third-order valence-corrected chi connectivity index (χ3v) is 7.37. The molecule has 4 rings (SSSR count). The molecule has 7 nitrogen and oxygen atoms in total. The molecular weight excluding hydrogens is 440 g/mol. The first-order chi connectivity index (χ1) is 17.2. The van der Waals surface area contributed by atoms with Gasteiger partial charge in [-0.15, -0.1) is 0 Å². The zero-order valence-electron chi connectivity index (χ0n) is 21.0. The number of fused-ring (bicyclic) bond motifs is 1. The molecule has 2 aliphatic heterocycles. The molecule has 0 unspecified atom stereocenters. The van der Waals surface area contributed by atoms with Crippen LogP contribution in [0.25, 0.3) is 0 Å². The molecule has 2 fully saturated rings. The number of rotatable bonds is 5. The van der Waals surface area contributed by atoms with E-state index in [1.54, 1.807) is 6.20 Å². The van der Waals surface area contributed by atoms with Crippen molar-refractivity contribution in [2.75, 3.05) is 33.0 Å². The summed E-state index contributed by atoms with van der Waals surface area (Å²) in [6.45, 7) is 4.50. The number of piperazine rings is 1. The Hall–Kier alpha value is -2.72. The van der Waals surface area contributed by atoms with Crippen LogP contribution < -0.4 is 14.8 Å². The molecular formula is C28H40N4O3. The number of ether oxygens (including phenoxy) is 2. The topological polar surface area (TPSA) is 77.8 Å². The summed E-state index contributed by atoms with van der Waals surface area (Å²) in [4.78, 5) is 17.4. The fourth-order valence-corrected chi connectivity index (χ4v) is 5.24. The average Bonchev–Trinajstić information content (AvgIpc) is 3.33. The van der Waals surface area contributed by atoms with Crippen molar-refractivity contribution in [1.82, 2.24) is 15.1 Å². The molecule has 0 bridgehead atoms. The molecule has 35 heavy (non-hydrogen) atoms. The van der Waals surface area contributed by atoms with Crippen molar-refractivity contribution in [2.45, 2.75) is 83.2 Å². The Morgan fingerprint density at radius 2 is 1.57 bits per heavy atom. The van der Waals surface area contributed by atoms with E-state index in [-0.39, 0.29) is 17.5 Å². The highest BCUT2D eigenvalue weighted by Crippen LogP contribution is 2.32. The average molecular weight is 481 g/mol. The predicted molar refractivity (Wildman–Crippen MR) is 136 cm³/mol. The fraction of sp³-hybridized carbons (Fsp3) is 0.643. The molecule has 3 aliphatic rings. The van der Waals surface area contributed by atoms with E-state index >= 15 is 0 Å². The van der Waals surface area contributed by atoms with Crippen molar-refractivity contribution in [3.63, 3.8) is 0 Å². The van der Waals surface area contributed by atoms with Crippen molar-refractivity contribution in [3.8, 4) is 17.6 Å². The van der Waals surface area contributed by atoms with Crippen LogP contribution in [0.3, 0.4) is 0 Å². The van der Waals surface area contributed by atoms with E-state index in [4.69, 9.17) is 9.47 Å². The summed E-state index contributed by atoms with van der Waals surface area (Å²) >= 11 is 0. The van der Waals surface area contributed by atoms with Crippen LogP contribution in [0.4, 0.5) is 0 Å². The molecule has 1 saturated heterocycles. The lowest BCUT2D eigenvalue weighted by Crippen LogP contribution is -2.44. The normalized spacial score (nSPS) is 21.0. The maximum absolute atomic E-state index is 12.9. The maximum atomic E-state index is 12.9. The van der Waals surface area contributed by atoms with E-state index in [1.807, 2.05) is 6.07 Å². The lowest BCUT2D eigenvalue weighted by Gasteiger charge is -2.34. The minimum absolute atomic E-state index is 0.178. The summed E-state index contributed by atoms with van der Waals surface area (Å²) in [5.74, 6) is 1.41. The number of carbonyl (C=O) groups excluding carboxylic acids is 1. The van der Waals surface area contributed by atoms with Crippen LogP contribution in [0, 0.1) is 11.3 Å². The molecule has 1 saturated carbocycles. The van der Waals surface area contributed by atoms with Crippen LogP contribution in [0.15, 0.2) is 30.0 Å². The Labute approximate surface area is 210 Å². The van der Waals surface area contributed by atoms with Crippen molar-refractivity contribution in [1.29, 1.82) is 5.26 Å². The Bertz CT molecular complexity index is 890. The molecule has 190 valence electrons. The zero-order valence-corrected chi connectivity index (χ0v) is 21.0. The summed E-state index contributed by atoms with van der Waals surface area (Å²) in [7, 11) is 0. The minimum Gasteiger partial charge on any atom is -0.454 e. The molecule has 0 spiro atoms. The molecule has 1 aliphatic carbocycles. The van der Waals surface area contributed by atoms with Gasteiger partial charge in [-0.1, -0.05) is 63.9 Å². The molecule has 0 aromatic heterocycles. The Kier molecular flexibility index (Phi) is 9.71. The first-order valence-corrected chi connectivity index (χ1v) is 13.5. The molecule has 2 heterocycles. The van der Waals surface area contributed by atoms with Gasteiger partial charge in [0.15, 0.2) is 11.5 Å². The van der Waals surface area contributed by atoms with E-state index < -0.39 is 0 Å². The van der Waals surface area contributed by atoms with E-state index in [9.17, 15) is 10.1 Å². The van der Waals surface area contributed by atoms with Gasteiger partial charge in [0.1, 0.15) is 11.6 Å². The van der Waals surface area contributed by atoms with E-state index in [0.29, 0.717) is 6.79 Å². The molecule has 0 atom stereocenters. The SMILES string of the molecule is N#C/C(=C/N1CCN(Cc2ccc3c(c2)OCO3)CC1)C(=O)NC1CCCCCCCCCCC1. The van der Waals surface area contributed by atoms with Crippen molar-refractivity contribution in [2.24, 2.45) is 0 Å². The third-order valence-electron chi connectivity index (χ3n) is 7.37. The quantitative estimate of drug-likeness (QED) is 0.485. The Morgan fingerprint density at radius 3 is 2.23 bits per heavy atom. The largest absolute Gasteiger partial charge is 0.454 e. The number of nitrogens with zero attached hydrogens (tertiary/aromatic N) is 3. The second-order valence-corrected chi connectivity index (χ2v) is 10.1. The number of nitrogens with one attached hydrogen (secondary N) is 1. The van der Waals surface area contributed by atoms with Gasteiger partial charge in [0.05, 0.1) is 0 Å². The number of benzene rings is 1. The van der Waals surface area contributed by atoms with Crippen LogP contribution in [-0.2, 0) is 11.3 Å². The van der Waals surface area contributed by atoms with Crippen LogP contribution >= 0.6 is 0 Å². The molecule has 1 aromatic rings. The summed E-state index contributed by atoms with van der Waals surface area (Å²) in [6, 6.07) is 8.43. The van der Waals surface area contributed by atoms with Gasteiger partial charge < -0.3 is 19.7 Å². The first kappa shape index (κ1) is 25.4. The number of hydrogen-bond acceptors (Lipinski definition) is 6. The summed E-state index contributed by atoms with van der Waals surface area (Å²) in [5.41, 5.74) is 1.42. The lowest BCUT2D eigenvalue weighted by atomic mass is 9.97. The van der Waals surface area contributed by atoms with E-state index in [0.717, 1.165) is 69.9 Å². The number of hydrogen-bond donors (Lipinski definition) is 1. The van der Waals surface area contributed by atoms with Crippen LogP contribution in [0.2, 0.25) is 0 Å². The van der Waals surface area contributed by atoms with Crippen LogP contribution in [-0.4, -0.2) is 54.7 Å². The van der Waals surface area contributed by atoms with Crippen molar-refractivity contribution < 1.29 is 14.3 Å². The molecule has 7 heteroatoms. The third kappa shape index (κ3) is 7.90. The number of carbonyl (C=O) groups is 1. The second kappa shape index (κ2) is 13.4. The first-order valence-electron chi connectivity index (χ1n) is 13.5. The minimum atomic E-state index is -0.215. The van der Waals surface area contributed by atoms with Gasteiger partial charge in [-0.2, -0.15) is 5.26 Å². The van der Waals surface area contributed by atoms with Crippen molar-refractivity contribution in [3.05, 3.63) is 35.5 Å². The highest BCUT2D eigenvalue weighted by atomic mass is 16.7. The standard InChI is InChI=1S/C28H40N4O3/c29-19-24(28(33)30-25-10-8-6-4-2-1-3-5-7-9-11-25)21-32-16-14-31(15-17-32)20-23-12-13-26-27(18-23)35-22-34-26/h12-13,18,21,25H,1-11,14-17,20,22H2,(H,30,33)/b24-21-. The number of amides is 1.